The van der Waals surface area contributed by atoms with E-state index in [1.807, 2.05) is 0 Å². The van der Waals surface area contributed by atoms with Crippen LogP contribution in [0.5, 0.6) is 5.75 Å². The molecule has 7 nitrogen and oxygen atoms in total. The highest BCUT2D eigenvalue weighted by atomic mass is 127. The van der Waals surface area contributed by atoms with E-state index in [1.165, 1.54) is 5.56 Å². The highest BCUT2D eigenvalue weighted by Crippen LogP contribution is 2.23. The smallest absolute Gasteiger partial charge is 0.191 e. The number of aliphatic imine (C=N–C) groups is 1. The fourth-order valence-corrected chi connectivity index (χ4v) is 4.25. The molecule has 0 aromatic heterocycles. The summed E-state index contributed by atoms with van der Waals surface area (Å²) in [5.74, 6) is 2.83. The summed E-state index contributed by atoms with van der Waals surface area (Å²) in [4.78, 5) is 7.41. The van der Waals surface area contributed by atoms with E-state index in [2.05, 4.69) is 61.4 Å². The van der Waals surface area contributed by atoms with E-state index in [9.17, 15) is 0 Å². The Labute approximate surface area is 217 Å². The summed E-state index contributed by atoms with van der Waals surface area (Å²) < 4.78 is 17.2. The van der Waals surface area contributed by atoms with Crippen LogP contribution in [0.3, 0.4) is 0 Å². The number of nitrogens with zero attached hydrogens (tertiary/aromatic N) is 2. The molecule has 0 saturated carbocycles. The summed E-state index contributed by atoms with van der Waals surface area (Å²) >= 11 is 0. The van der Waals surface area contributed by atoms with E-state index >= 15 is 0 Å². The van der Waals surface area contributed by atoms with Gasteiger partial charge in [-0.2, -0.15) is 0 Å². The van der Waals surface area contributed by atoms with Gasteiger partial charge in [0.25, 0.3) is 0 Å². The van der Waals surface area contributed by atoms with E-state index in [4.69, 9.17) is 19.2 Å². The second-order valence-corrected chi connectivity index (χ2v) is 9.19. The zero-order chi connectivity index (χ0) is 22.8. The quantitative estimate of drug-likeness (QED) is 0.254. The summed E-state index contributed by atoms with van der Waals surface area (Å²) in [6, 6.07) is 6.83. The van der Waals surface area contributed by atoms with Crippen LogP contribution in [0.1, 0.15) is 38.3 Å². The molecule has 0 bridgehead atoms. The standard InChI is InChI=1S/C25H42N4O3.HI/c1-5-26-25(28-16-23(19(2)3)29-9-12-30-13-10-29)27-15-22-7-6-20(4)14-24(22)32-18-21-8-11-31-17-21;/h6-7,14,19,21,23H,5,8-13,15-18H2,1-4H3,(H2,26,27,28);1H. The van der Waals surface area contributed by atoms with Gasteiger partial charge in [-0.15, -0.1) is 24.0 Å². The molecule has 8 heteroatoms. The molecule has 2 unspecified atom stereocenters. The molecule has 2 N–H and O–H groups in total. The lowest BCUT2D eigenvalue weighted by molar-refractivity contribution is 0.00752. The summed E-state index contributed by atoms with van der Waals surface area (Å²) in [5, 5.41) is 6.97. The van der Waals surface area contributed by atoms with Gasteiger partial charge in [0.15, 0.2) is 5.96 Å². The molecule has 1 aromatic rings. The molecule has 0 aliphatic carbocycles. The van der Waals surface area contributed by atoms with Crippen molar-refractivity contribution in [2.24, 2.45) is 16.8 Å². The predicted octanol–water partition coefficient (Wildman–Crippen LogP) is 3.44. The Morgan fingerprint density at radius 2 is 1.97 bits per heavy atom. The third kappa shape index (κ3) is 9.22. The van der Waals surface area contributed by atoms with Gasteiger partial charge in [-0.1, -0.05) is 26.0 Å². The van der Waals surface area contributed by atoms with Crippen LogP contribution in [0.2, 0.25) is 0 Å². The minimum absolute atomic E-state index is 0. The second-order valence-electron chi connectivity index (χ2n) is 9.19. The second kappa shape index (κ2) is 15.0. The van der Waals surface area contributed by atoms with E-state index < -0.39 is 0 Å². The topological polar surface area (TPSA) is 67.4 Å². The van der Waals surface area contributed by atoms with Gasteiger partial charge in [-0.3, -0.25) is 4.90 Å². The number of rotatable bonds is 10. The normalized spacial score (nSPS) is 20.4. The van der Waals surface area contributed by atoms with Crippen LogP contribution in [-0.4, -0.2) is 76.1 Å². The predicted molar refractivity (Wildman–Crippen MR) is 145 cm³/mol. The molecular formula is C25H43IN4O3. The molecule has 0 spiro atoms. The average molecular weight is 575 g/mol. The molecule has 0 amide bonds. The van der Waals surface area contributed by atoms with Crippen molar-refractivity contribution < 1.29 is 14.2 Å². The highest BCUT2D eigenvalue weighted by Gasteiger charge is 2.24. The number of ether oxygens (including phenoxy) is 3. The maximum Gasteiger partial charge on any atom is 0.191 e. The number of morpholine rings is 1. The van der Waals surface area contributed by atoms with Crippen LogP contribution >= 0.6 is 24.0 Å². The Balaban J connectivity index is 0.00000385. The summed E-state index contributed by atoms with van der Waals surface area (Å²) in [5.41, 5.74) is 2.31. The maximum atomic E-state index is 6.19. The van der Waals surface area contributed by atoms with Crippen LogP contribution in [0.25, 0.3) is 0 Å². The number of guanidine groups is 1. The van der Waals surface area contributed by atoms with Gasteiger partial charge in [0.05, 0.1) is 33.0 Å². The Hall–Kier alpha value is -1.10. The minimum atomic E-state index is 0. The van der Waals surface area contributed by atoms with E-state index in [0.29, 0.717) is 31.0 Å². The molecule has 188 valence electrons. The molecule has 33 heavy (non-hydrogen) atoms. The van der Waals surface area contributed by atoms with Crippen LogP contribution in [0.15, 0.2) is 23.2 Å². The van der Waals surface area contributed by atoms with Crippen LogP contribution in [-0.2, 0) is 16.0 Å². The van der Waals surface area contributed by atoms with Crippen molar-refractivity contribution in [3.8, 4) is 5.75 Å². The van der Waals surface area contributed by atoms with Gasteiger partial charge in [-0.25, -0.2) is 4.99 Å². The average Bonchev–Trinajstić information content (AvgIpc) is 3.31. The van der Waals surface area contributed by atoms with Gasteiger partial charge >= 0.3 is 0 Å². The van der Waals surface area contributed by atoms with Crippen molar-refractivity contribution in [2.45, 2.75) is 46.7 Å². The molecule has 1 aromatic carbocycles. The summed E-state index contributed by atoms with van der Waals surface area (Å²) in [6.07, 6.45) is 1.08. The van der Waals surface area contributed by atoms with Crippen molar-refractivity contribution in [2.75, 3.05) is 59.2 Å². The van der Waals surface area contributed by atoms with Gasteiger partial charge in [0.2, 0.25) is 0 Å². The lowest BCUT2D eigenvalue weighted by atomic mass is 10.0. The molecule has 0 radical (unpaired) electrons. The number of halogens is 1. The van der Waals surface area contributed by atoms with Crippen molar-refractivity contribution >= 4 is 29.9 Å². The number of benzene rings is 1. The zero-order valence-corrected chi connectivity index (χ0v) is 23.1. The summed E-state index contributed by atoms with van der Waals surface area (Å²) in [6.45, 7) is 17.0. The van der Waals surface area contributed by atoms with Crippen molar-refractivity contribution in [1.29, 1.82) is 0 Å². The molecular weight excluding hydrogens is 531 g/mol. The molecule has 3 rings (SSSR count). The molecule has 2 fully saturated rings. The molecule has 2 atom stereocenters. The Bertz CT molecular complexity index is 720. The lowest BCUT2D eigenvalue weighted by Gasteiger charge is -2.37. The number of hydrogen-bond acceptors (Lipinski definition) is 5. The van der Waals surface area contributed by atoms with Gasteiger partial charge in [0, 0.05) is 50.3 Å². The fraction of sp³-hybridized carbons (Fsp3) is 0.720. The van der Waals surface area contributed by atoms with Gasteiger partial charge in [0.1, 0.15) is 5.75 Å². The van der Waals surface area contributed by atoms with Crippen LogP contribution in [0.4, 0.5) is 0 Å². The number of hydrogen-bond donors (Lipinski definition) is 2. The van der Waals surface area contributed by atoms with Crippen LogP contribution in [0, 0.1) is 18.8 Å². The Morgan fingerprint density at radius 3 is 2.64 bits per heavy atom. The van der Waals surface area contributed by atoms with E-state index in [1.54, 1.807) is 0 Å². The zero-order valence-electron chi connectivity index (χ0n) is 20.8. The first-order chi connectivity index (χ1) is 15.6. The van der Waals surface area contributed by atoms with Crippen LogP contribution < -0.4 is 15.4 Å². The van der Waals surface area contributed by atoms with Gasteiger partial charge < -0.3 is 24.8 Å². The molecule has 2 aliphatic heterocycles. The minimum Gasteiger partial charge on any atom is -0.493 e. The Kier molecular flexibility index (Phi) is 12.8. The van der Waals surface area contributed by atoms with E-state index in [-0.39, 0.29) is 24.0 Å². The van der Waals surface area contributed by atoms with Gasteiger partial charge in [-0.05, 0) is 37.8 Å². The number of aryl methyl sites for hydroxylation is 1. The third-order valence-electron chi connectivity index (χ3n) is 6.24. The largest absolute Gasteiger partial charge is 0.493 e. The summed E-state index contributed by atoms with van der Waals surface area (Å²) in [7, 11) is 0. The van der Waals surface area contributed by atoms with Crippen molar-refractivity contribution in [1.82, 2.24) is 15.5 Å². The van der Waals surface area contributed by atoms with Crippen molar-refractivity contribution in [3.05, 3.63) is 29.3 Å². The highest BCUT2D eigenvalue weighted by molar-refractivity contribution is 14.0. The third-order valence-corrected chi connectivity index (χ3v) is 6.24. The maximum absolute atomic E-state index is 6.19. The SMILES string of the molecule is CCNC(=NCc1ccc(C)cc1OCC1CCOC1)NCC(C(C)C)N1CCOCC1.I. The Morgan fingerprint density at radius 1 is 1.18 bits per heavy atom. The fourth-order valence-electron chi connectivity index (χ4n) is 4.25. The molecule has 2 saturated heterocycles. The first kappa shape index (κ1) is 28.1. The first-order valence-corrected chi connectivity index (χ1v) is 12.2. The molecule has 2 aliphatic rings. The van der Waals surface area contributed by atoms with E-state index in [0.717, 1.165) is 76.3 Å². The lowest BCUT2D eigenvalue weighted by Crippen LogP contribution is -2.52. The van der Waals surface area contributed by atoms with Crippen molar-refractivity contribution in [3.63, 3.8) is 0 Å². The monoisotopic (exact) mass is 574 g/mol. The first-order valence-electron chi connectivity index (χ1n) is 12.2. The number of nitrogens with one attached hydrogen (secondary N) is 2. The molecule has 2 heterocycles.